The third kappa shape index (κ3) is 3.27. The first kappa shape index (κ1) is 16.9. The van der Waals surface area contributed by atoms with Crippen molar-refractivity contribution in [1.29, 1.82) is 0 Å². The summed E-state index contributed by atoms with van der Waals surface area (Å²) in [5.41, 5.74) is 4.37. The number of ether oxygens (including phenoxy) is 2. The number of nitrogens with one attached hydrogen (secondary N) is 2. The van der Waals surface area contributed by atoms with E-state index in [1.807, 2.05) is 45.0 Å². The van der Waals surface area contributed by atoms with Crippen LogP contribution in [0.1, 0.15) is 31.2 Å². The number of hydrogen-bond donors (Lipinski definition) is 2. The van der Waals surface area contributed by atoms with Crippen molar-refractivity contribution in [3.8, 4) is 17.1 Å². The Morgan fingerprint density at radius 2 is 2.12 bits per heavy atom. The SMILES string of the molecule is Cc1nnc(-c2n[nH]c3ccc(OC(C)C)cc23)cc1C1CNCCO1. The number of nitrogens with zero attached hydrogens (tertiary/aromatic N) is 3. The number of aryl methyl sites for hydroxylation is 1. The highest BCUT2D eigenvalue weighted by Gasteiger charge is 2.21. The quantitative estimate of drug-likeness (QED) is 0.750. The number of morpholine rings is 1. The average Bonchev–Trinajstić information content (AvgIpc) is 3.06. The minimum Gasteiger partial charge on any atom is -0.491 e. The van der Waals surface area contributed by atoms with E-state index >= 15 is 0 Å². The monoisotopic (exact) mass is 353 g/mol. The molecule has 2 N–H and O–H groups in total. The summed E-state index contributed by atoms with van der Waals surface area (Å²) in [6, 6.07) is 7.94. The zero-order valence-corrected chi connectivity index (χ0v) is 15.2. The lowest BCUT2D eigenvalue weighted by atomic mass is 10.0. The van der Waals surface area contributed by atoms with Gasteiger partial charge >= 0.3 is 0 Å². The molecule has 1 aliphatic heterocycles. The first-order valence-corrected chi connectivity index (χ1v) is 8.93. The molecule has 7 nitrogen and oxygen atoms in total. The molecule has 3 aromatic rings. The van der Waals surface area contributed by atoms with Gasteiger partial charge < -0.3 is 14.8 Å². The second kappa shape index (κ2) is 7.01. The Morgan fingerprint density at radius 1 is 1.23 bits per heavy atom. The van der Waals surface area contributed by atoms with Crippen LogP contribution >= 0.6 is 0 Å². The van der Waals surface area contributed by atoms with E-state index in [2.05, 4.69) is 25.7 Å². The predicted octanol–water partition coefficient (Wildman–Crippen LogP) is 2.78. The average molecular weight is 353 g/mol. The standard InChI is InChI=1S/C19H23N5O2/c1-11(2)26-13-4-5-16-15(8-13)19(24-22-16)17-9-14(12(3)21-23-17)18-10-20-6-7-25-18/h4-5,8-9,11,18,20H,6-7,10H2,1-3H3,(H,22,24). The summed E-state index contributed by atoms with van der Waals surface area (Å²) in [5, 5.41) is 20.6. The molecule has 1 saturated heterocycles. The fraction of sp³-hybridized carbons (Fsp3) is 0.421. The third-order valence-electron chi connectivity index (χ3n) is 4.44. The van der Waals surface area contributed by atoms with Gasteiger partial charge in [-0.2, -0.15) is 10.2 Å². The molecule has 0 aliphatic carbocycles. The Morgan fingerprint density at radius 3 is 2.88 bits per heavy atom. The lowest BCUT2D eigenvalue weighted by Crippen LogP contribution is -2.33. The van der Waals surface area contributed by atoms with Crippen LogP contribution in [0.5, 0.6) is 5.75 Å². The van der Waals surface area contributed by atoms with Crippen molar-refractivity contribution in [2.45, 2.75) is 33.0 Å². The van der Waals surface area contributed by atoms with Gasteiger partial charge in [-0.3, -0.25) is 5.10 Å². The highest BCUT2D eigenvalue weighted by Crippen LogP contribution is 2.31. The molecule has 2 aromatic heterocycles. The lowest BCUT2D eigenvalue weighted by molar-refractivity contribution is 0.0270. The maximum absolute atomic E-state index is 5.89. The minimum absolute atomic E-state index is 0.0111. The number of fused-ring (bicyclic) bond motifs is 1. The van der Waals surface area contributed by atoms with Gasteiger partial charge in [-0.25, -0.2) is 0 Å². The van der Waals surface area contributed by atoms with Gasteiger partial charge in [0.2, 0.25) is 0 Å². The van der Waals surface area contributed by atoms with Crippen molar-refractivity contribution in [2.75, 3.05) is 19.7 Å². The van der Waals surface area contributed by atoms with Crippen molar-refractivity contribution in [3.05, 3.63) is 35.5 Å². The molecule has 0 amide bonds. The molecule has 1 unspecified atom stereocenters. The molecular weight excluding hydrogens is 330 g/mol. The van der Waals surface area contributed by atoms with Gasteiger partial charge in [-0.1, -0.05) is 0 Å². The number of rotatable bonds is 4. The normalized spacial score (nSPS) is 17.8. The minimum atomic E-state index is -0.0111. The van der Waals surface area contributed by atoms with Crippen LogP contribution in [0.3, 0.4) is 0 Å². The van der Waals surface area contributed by atoms with E-state index < -0.39 is 0 Å². The maximum atomic E-state index is 5.89. The summed E-state index contributed by atoms with van der Waals surface area (Å²) >= 11 is 0. The van der Waals surface area contributed by atoms with Crippen LogP contribution in [0.15, 0.2) is 24.3 Å². The van der Waals surface area contributed by atoms with Crippen molar-refractivity contribution in [2.24, 2.45) is 0 Å². The molecule has 26 heavy (non-hydrogen) atoms. The largest absolute Gasteiger partial charge is 0.491 e. The van der Waals surface area contributed by atoms with Crippen molar-refractivity contribution < 1.29 is 9.47 Å². The van der Waals surface area contributed by atoms with Gasteiger partial charge in [-0.15, -0.1) is 5.10 Å². The van der Waals surface area contributed by atoms with Gasteiger partial charge in [-0.05, 0) is 45.0 Å². The zero-order chi connectivity index (χ0) is 18.1. The molecule has 0 bridgehead atoms. The molecule has 7 heteroatoms. The van der Waals surface area contributed by atoms with Crippen molar-refractivity contribution in [1.82, 2.24) is 25.7 Å². The second-order valence-corrected chi connectivity index (χ2v) is 6.78. The summed E-state index contributed by atoms with van der Waals surface area (Å²) in [6.07, 6.45) is 0.104. The smallest absolute Gasteiger partial charge is 0.120 e. The van der Waals surface area contributed by atoms with Crippen LogP contribution in [0.25, 0.3) is 22.3 Å². The van der Waals surface area contributed by atoms with Crippen LogP contribution in [-0.2, 0) is 4.74 Å². The molecule has 136 valence electrons. The Balaban J connectivity index is 1.75. The zero-order valence-electron chi connectivity index (χ0n) is 15.2. The Bertz CT molecular complexity index is 915. The summed E-state index contributed by atoms with van der Waals surface area (Å²) in [5.74, 6) is 0.815. The molecule has 1 atom stereocenters. The van der Waals surface area contributed by atoms with Crippen LogP contribution in [0.4, 0.5) is 0 Å². The van der Waals surface area contributed by atoms with Crippen LogP contribution in [0, 0.1) is 6.92 Å². The fourth-order valence-corrected chi connectivity index (χ4v) is 3.21. The first-order chi connectivity index (χ1) is 12.6. The maximum Gasteiger partial charge on any atom is 0.120 e. The highest BCUT2D eigenvalue weighted by molar-refractivity contribution is 5.92. The summed E-state index contributed by atoms with van der Waals surface area (Å²) in [4.78, 5) is 0. The molecule has 1 fully saturated rings. The second-order valence-electron chi connectivity index (χ2n) is 6.78. The molecule has 3 heterocycles. The van der Waals surface area contributed by atoms with E-state index in [-0.39, 0.29) is 12.2 Å². The van der Waals surface area contributed by atoms with E-state index in [1.54, 1.807) is 0 Å². The van der Waals surface area contributed by atoms with Gasteiger partial charge in [0.05, 0.1) is 30.0 Å². The van der Waals surface area contributed by atoms with E-state index in [1.165, 1.54) is 0 Å². The van der Waals surface area contributed by atoms with Crippen LogP contribution in [-0.4, -0.2) is 46.2 Å². The van der Waals surface area contributed by atoms with Gasteiger partial charge in [0.25, 0.3) is 0 Å². The van der Waals surface area contributed by atoms with Gasteiger partial charge in [0.1, 0.15) is 17.1 Å². The summed E-state index contributed by atoms with van der Waals surface area (Å²) in [7, 11) is 0. The van der Waals surface area contributed by atoms with E-state index in [4.69, 9.17) is 9.47 Å². The van der Waals surface area contributed by atoms with Crippen LogP contribution < -0.4 is 10.1 Å². The summed E-state index contributed by atoms with van der Waals surface area (Å²) < 4.78 is 11.7. The molecular formula is C19H23N5O2. The van der Waals surface area contributed by atoms with E-state index in [0.29, 0.717) is 6.61 Å². The topological polar surface area (TPSA) is 85.0 Å². The first-order valence-electron chi connectivity index (χ1n) is 8.93. The number of aromatic nitrogens is 4. The molecule has 1 aromatic carbocycles. The molecule has 4 rings (SSSR count). The van der Waals surface area contributed by atoms with Crippen molar-refractivity contribution in [3.63, 3.8) is 0 Å². The number of hydrogen-bond acceptors (Lipinski definition) is 6. The van der Waals surface area contributed by atoms with Gasteiger partial charge in [0, 0.05) is 24.0 Å². The third-order valence-corrected chi connectivity index (χ3v) is 4.44. The molecule has 1 aliphatic rings. The molecule has 0 spiro atoms. The Kier molecular flexibility index (Phi) is 4.57. The van der Waals surface area contributed by atoms with Crippen molar-refractivity contribution >= 4 is 10.9 Å². The highest BCUT2D eigenvalue weighted by atomic mass is 16.5. The van der Waals surface area contributed by atoms with E-state index in [9.17, 15) is 0 Å². The van der Waals surface area contributed by atoms with E-state index in [0.717, 1.165) is 52.4 Å². The Hall–Kier alpha value is -2.51. The van der Waals surface area contributed by atoms with Crippen LogP contribution in [0.2, 0.25) is 0 Å². The summed E-state index contributed by atoms with van der Waals surface area (Å²) in [6.45, 7) is 8.33. The molecule has 0 radical (unpaired) electrons. The number of H-pyrrole nitrogens is 1. The Labute approximate surface area is 152 Å². The lowest BCUT2D eigenvalue weighted by Gasteiger charge is -2.24. The fourth-order valence-electron chi connectivity index (χ4n) is 3.21. The number of aromatic amines is 1. The predicted molar refractivity (Wildman–Crippen MR) is 99.2 cm³/mol. The van der Waals surface area contributed by atoms with Gasteiger partial charge in [0.15, 0.2) is 0 Å². The molecule has 0 saturated carbocycles. The number of benzene rings is 1.